The zero-order valence-corrected chi connectivity index (χ0v) is 17.4. The number of fused-ring (bicyclic) bond motifs is 3. The van der Waals surface area contributed by atoms with Crippen LogP contribution in [0.3, 0.4) is 0 Å². The van der Waals surface area contributed by atoms with Crippen molar-refractivity contribution in [3.05, 3.63) is 47.3 Å². The Labute approximate surface area is 179 Å². The number of rotatable bonds is 4. The molecule has 3 aromatic heterocycles. The van der Waals surface area contributed by atoms with Crippen LogP contribution in [0.2, 0.25) is 0 Å². The predicted molar refractivity (Wildman–Crippen MR) is 115 cm³/mol. The molecule has 3 saturated carbocycles. The average molecular weight is 465 g/mol. The minimum Gasteiger partial charge on any atom is -0.481 e. The standard InChI is InChI=1S/C21H17BrN6O2/c22-16-14-9-24-19(26-21-6-5-20(10-21,11-21)18(29)30)25-17(14)28(27-16)13-3-4-15-12(8-13)2-1-7-23-15/h1-4,7-9H,5-6,10-11H2,(H,29,30)(H,24,25,26). The smallest absolute Gasteiger partial charge is 0.309 e. The molecule has 3 fully saturated rings. The van der Waals surface area contributed by atoms with Gasteiger partial charge < -0.3 is 10.4 Å². The highest BCUT2D eigenvalue weighted by molar-refractivity contribution is 9.10. The van der Waals surface area contributed by atoms with Gasteiger partial charge in [0.1, 0.15) is 4.60 Å². The third-order valence-electron chi connectivity index (χ3n) is 6.48. The number of aliphatic carboxylic acids is 1. The number of aromatic nitrogens is 5. The molecule has 3 aliphatic rings. The largest absolute Gasteiger partial charge is 0.481 e. The normalized spacial score (nSPS) is 24.8. The lowest BCUT2D eigenvalue weighted by Gasteiger charge is -2.45. The first-order valence-corrected chi connectivity index (χ1v) is 10.5. The fraction of sp³-hybridized carbons (Fsp3) is 0.286. The lowest BCUT2D eigenvalue weighted by atomic mass is 9.65. The number of carboxylic acids is 1. The van der Waals surface area contributed by atoms with Crippen LogP contribution in [0, 0.1) is 5.41 Å². The highest BCUT2D eigenvalue weighted by Gasteiger charge is 2.65. The van der Waals surface area contributed by atoms with Crippen molar-refractivity contribution in [3.63, 3.8) is 0 Å². The van der Waals surface area contributed by atoms with E-state index in [0.717, 1.165) is 28.4 Å². The Bertz CT molecular complexity index is 1340. The third-order valence-corrected chi connectivity index (χ3v) is 7.06. The van der Waals surface area contributed by atoms with E-state index in [-0.39, 0.29) is 5.54 Å². The number of nitrogens with zero attached hydrogens (tertiary/aromatic N) is 5. The van der Waals surface area contributed by atoms with Crippen LogP contribution in [0.15, 0.2) is 47.3 Å². The molecular weight excluding hydrogens is 448 g/mol. The van der Waals surface area contributed by atoms with Gasteiger partial charge in [0.15, 0.2) is 5.65 Å². The molecule has 3 aliphatic carbocycles. The monoisotopic (exact) mass is 464 g/mol. The molecule has 0 saturated heterocycles. The second-order valence-corrected chi connectivity index (χ2v) is 9.11. The number of nitrogens with one attached hydrogen (secondary N) is 1. The van der Waals surface area contributed by atoms with Crippen LogP contribution in [-0.2, 0) is 4.79 Å². The summed E-state index contributed by atoms with van der Waals surface area (Å²) in [7, 11) is 0. The molecule has 0 radical (unpaired) electrons. The molecule has 8 nitrogen and oxygen atoms in total. The van der Waals surface area contributed by atoms with Crippen LogP contribution in [0.25, 0.3) is 27.6 Å². The van der Waals surface area contributed by atoms with Crippen molar-refractivity contribution in [2.45, 2.75) is 31.2 Å². The molecule has 3 heterocycles. The first-order valence-electron chi connectivity index (χ1n) is 9.75. The average Bonchev–Trinajstić information content (AvgIpc) is 3.38. The summed E-state index contributed by atoms with van der Waals surface area (Å²) in [6.45, 7) is 0. The van der Waals surface area contributed by atoms with Gasteiger partial charge in [-0.1, -0.05) is 6.07 Å². The van der Waals surface area contributed by atoms with Crippen LogP contribution in [0.1, 0.15) is 25.7 Å². The molecule has 150 valence electrons. The van der Waals surface area contributed by atoms with Crippen molar-refractivity contribution >= 4 is 49.8 Å². The van der Waals surface area contributed by atoms with Crippen LogP contribution in [0.5, 0.6) is 0 Å². The summed E-state index contributed by atoms with van der Waals surface area (Å²) in [5.41, 5.74) is 1.69. The van der Waals surface area contributed by atoms with Crippen molar-refractivity contribution in [1.29, 1.82) is 0 Å². The maximum Gasteiger partial charge on any atom is 0.309 e. The fourth-order valence-corrected chi connectivity index (χ4v) is 5.46. The third kappa shape index (κ3) is 2.48. The highest BCUT2D eigenvalue weighted by atomic mass is 79.9. The van der Waals surface area contributed by atoms with E-state index in [2.05, 4.69) is 36.3 Å². The number of pyridine rings is 1. The zero-order valence-electron chi connectivity index (χ0n) is 15.8. The summed E-state index contributed by atoms with van der Waals surface area (Å²) >= 11 is 3.51. The first kappa shape index (κ1) is 17.8. The van der Waals surface area contributed by atoms with Gasteiger partial charge in [-0.25, -0.2) is 9.67 Å². The van der Waals surface area contributed by atoms with Gasteiger partial charge in [-0.2, -0.15) is 10.1 Å². The van der Waals surface area contributed by atoms with Crippen LogP contribution >= 0.6 is 15.9 Å². The topological polar surface area (TPSA) is 106 Å². The molecule has 0 amide bonds. The second kappa shape index (κ2) is 5.98. The number of hydrogen-bond donors (Lipinski definition) is 2. The predicted octanol–water partition coefficient (Wildman–Crippen LogP) is 3.94. The number of carbonyl (C=O) groups is 1. The minimum atomic E-state index is -0.693. The van der Waals surface area contributed by atoms with Gasteiger partial charge >= 0.3 is 5.97 Å². The Morgan fingerprint density at radius 1 is 1.20 bits per heavy atom. The first-order chi connectivity index (χ1) is 14.5. The molecule has 0 unspecified atom stereocenters. The van der Waals surface area contributed by atoms with Crippen molar-refractivity contribution in [2.24, 2.45) is 5.41 Å². The van der Waals surface area contributed by atoms with E-state index in [1.165, 1.54) is 0 Å². The maximum atomic E-state index is 11.5. The number of benzene rings is 1. The highest BCUT2D eigenvalue weighted by Crippen LogP contribution is 2.62. The molecule has 7 rings (SSSR count). The summed E-state index contributed by atoms with van der Waals surface area (Å²) in [6.07, 6.45) is 6.28. The molecule has 1 aromatic carbocycles. The van der Waals surface area contributed by atoms with Gasteiger partial charge in [0, 0.05) is 23.3 Å². The summed E-state index contributed by atoms with van der Waals surface area (Å²) in [5.74, 6) is -0.193. The summed E-state index contributed by atoms with van der Waals surface area (Å²) < 4.78 is 2.45. The molecule has 9 heteroatoms. The lowest BCUT2D eigenvalue weighted by Crippen LogP contribution is -2.52. The van der Waals surface area contributed by atoms with Crippen molar-refractivity contribution in [3.8, 4) is 5.69 Å². The van der Waals surface area contributed by atoms with Crippen molar-refractivity contribution in [2.75, 3.05) is 5.32 Å². The zero-order chi connectivity index (χ0) is 20.5. The van der Waals surface area contributed by atoms with Gasteiger partial charge in [0.25, 0.3) is 0 Å². The molecule has 2 bridgehead atoms. The van der Waals surface area contributed by atoms with Crippen LogP contribution in [0.4, 0.5) is 5.95 Å². The van der Waals surface area contributed by atoms with E-state index < -0.39 is 11.4 Å². The molecular formula is C21H17BrN6O2. The molecule has 0 aliphatic heterocycles. The van der Waals surface area contributed by atoms with Crippen LogP contribution in [-0.4, -0.2) is 41.3 Å². The van der Waals surface area contributed by atoms with Crippen molar-refractivity contribution in [1.82, 2.24) is 24.7 Å². The maximum absolute atomic E-state index is 11.5. The fourth-order valence-electron chi connectivity index (χ4n) is 5.03. The Kier molecular flexibility index (Phi) is 3.54. The number of halogens is 1. The van der Waals surface area contributed by atoms with Gasteiger partial charge in [-0.05, 0) is 65.9 Å². The Balaban J connectivity index is 1.39. The van der Waals surface area contributed by atoms with E-state index in [1.54, 1.807) is 17.1 Å². The van der Waals surface area contributed by atoms with E-state index in [1.807, 2.05) is 30.3 Å². The van der Waals surface area contributed by atoms with E-state index in [0.29, 0.717) is 35.5 Å². The Morgan fingerprint density at radius 2 is 2.07 bits per heavy atom. The summed E-state index contributed by atoms with van der Waals surface area (Å²) in [5, 5.41) is 19.3. The van der Waals surface area contributed by atoms with Gasteiger partial charge in [-0.3, -0.25) is 9.78 Å². The molecule has 4 aromatic rings. The number of hydrogen-bond acceptors (Lipinski definition) is 6. The van der Waals surface area contributed by atoms with E-state index >= 15 is 0 Å². The lowest BCUT2D eigenvalue weighted by molar-refractivity contribution is -0.153. The minimum absolute atomic E-state index is 0.219. The quantitative estimate of drug-likeness (QED) is 0.470. The van der Waals surface area contributed by atoms with E-state index in [4.69, 9.17) is 4.98 Å². The number of carboxylic acid groups (broad SMARTS) is 1. The van der Waals surface area contributed by atoms with Crippen molar-refractivity contribution < 1.29 is 9.90 Å². The van der Waals surface area contributed by atoms with Gasteiger partial charge in [0.05, 0.1) is 22.0 Å². The van der Waals surface area contributed by atoms with Gasteiger partial charge in [0.2, 0.25) is 5.95 Å². The Morgan fingerprint density at radius 3 is 2.87 bits per heavy atom. The van der Waals surface area contributed by atoms with E-state index in [9.17, 15) is 9.90 Å². The molecule has 0 atom stereocenters. The van der Waals surface area contributed by atoms with Crippen LogP contribution < -0.4 is 5.32 Å². The second-order valence-electron chi connectivity index (χ2n) is 8.36. The summed E-state index contributed by atoms with van der Waals surface area (Å²) in [4.78, 5) is 25.1. The van der Waals surface area contributed by atoms with Gasteiger partial charge in [-0.15, -0.1) is 0 Å². The number of anilines is 1. The molecule has 0 spiro atoms. The summed E-state index contributed by atoms with van der Waals surface area (Å²) in [6, 6.07) is 9.87. The SMILES string of the molecule is O=C(O)C12CCC(Nc3ncc4c(Br)nn(-c5ccc6ncccc6c5)c4n3)(C1)C2. The Hall–Kier alpha value is -3.07. The molecule has 30 heavy (non-hydrogen) atoms. The molecule has 2 N–H and O–H groups in total.